The molecular weight excluding hydrogens is 480 g/mol. The normalized spacial score (nSPS) is 12.9. The molecule has 0 aliphatic heterocycles. The van der Waals surface area contributed by atoms with Crippen LogP contribution >= 0.6 is 0 Å². The molecule has 1 aromatic heterocycles. The molecule has 1 unspecified atom stereocenters. The zero-order valence-corrected chi connectivity index (χ0v) is 24.6. The third-order valence-electron chi connectivity index (χ3n) is 6.88. The Morgan fingerprint density at radius 3 is 2.21 bits per heavy atom. The maximum absolute atomic E-state index is 13.5. The molecule has 2 atom stereocenters. The van der Waals surface area contributed by atoms with Crippen LogP contribution in [0.3, 0.4) is 0 Å². The first-order chi connectivity index (χ1) is 18.1. The van der Waals surface area contributed by atoms with Crippen LogP contribution in [0.4, 0.5) is 0 Å². The molecule has 2 amide bonds. The Hall–Kier alpha value is -3.03. The van der Waals surface area contributed by atoms with E-state index in [1.54, 1.807) is 20.3 Å². The zero-order chi connectivity index (χ0) is 28.2. The standard InChI is InChI=1S/C30H48N4O4/c1-9-10-11-12-16-31-28(35)18-23(17-20(2)3)32-30(36)24-19-25(34(33-24)22(6)21(4)5)29-26(37-7)14-13-15-27(29)38-8/h13-15,19-23H,9-12,16-18H2,1-8H3,(H,31,35)(H,32,36)/t22?,23-/m0/s1. The highest BCUT2D eigenvalue weighted by Gasteiger charge is 2.26. The maximum Gasteiger partial charge on any atom is 0.272 e. The van der Waals surface area contributed by atoms with Crippen LogP contribution in [0.1, 0.15) is 96.6 Å². The van der Waals surface area contributed by atoms with E-state index in [1.165, 1.54) is 6.42 Å². The van der Waals surface area contributed by atoms with Gasteiger partial charge in [-0.05, 0) is 49.8 Å². The SMILES string of the molecule is CCCCCCNC(=O)C[C@H](CC(C)C)NC(=O)c1cc(-c2c(OC)cccc2OC)n(C(C)C(C)C)n1. The van der Waals surface area contributed by atoms with Crippen molar-refractivity contribution < 1.29 is 19.1 Å². The van der Waals surface area contributed by atoms with Crippen molar-refractivity contribution in [3.8, 4) is 22.8 Å². The van der Waals surface area contributed by atoms with Gasteiger partial charge in [0.05, 0.1) is 31.5 Å². The van der Waals surface area contributed by atoms with Gasteiger partial charge in [-0.2, -0.15) is 5.10 Å². The predicted octanol–water partition coefficient (Wildman–Crippen LogP) is 6.02. The molecule has 8 nitrogen and oxygen atoms in total. The predicted molar refractivity (Wildman–Crippen MR) is 153 cm³/mol. The number of ether oxygens (including phenoxy) is 2. The molecule has 0 aliphatic carbocycles. The monoisotopic (exact) mass is 528 g/mol. The van der Waals surface area contributed by atoms with Crippen molar-refractivity contribution in [2.24, 2.45) is 11.8 Å². The number of unbranched alkanes of at least 4 members (excludes halogenated alkanes) is 3. The van der Waals surface area contributed by atoms with E-state index in [-0.39, 0.29) is 36.2 Å². The van der Waals surface area contributed by atoms with E-state index < -0.39 is 0 Å². The van der Waals surface area contributed by atoms with Gasteiger partial charge in [0.25, 0.3) is 5.91 Å². The number of nitrogens with zero attached hydrogens (tertiary/aromatic N) is 2. The molecule has 2 rings (SSSR count). The molecule has 0 spiro atoms. The molecule has 2 N–H and O–H groups in total. The van der Waals surface area contributed by atoms with Gasteiger partial charge >= 0.3 is 0 Å². The number of hydrogen-bond acceptors (Lipinski definition) is 5. The van der Waals surface area contributed by atoms with Crippen LogP contribution in [0.15, 0.2) is 24.3 Å². The highest BCUT2D eigenvalue weighted by atomic mass is 16.5. The minimum Gasteiger partial charge on any atom is -0.496 e. The lowest BCUT2D eigenvalue weighted by Crippen LogP contribution is -2.40. The minimum absolute atomic E-state index is 0.0196. The number of amides is 2. The van der Waals surface area contributed by atoms with Crippen LogP contribution in [0.25, 0.3) is 11.3 Å². The highest BCUT2D eigenvalue weighted by Crippen LogP contribution is 2.40. The molecule has 0 radical (unpaired) electrons. The number of benzene rings is 1. The molecule has 0 aliphatic rings. The third kappa shape index (κ3) is 8.77. The second-order valence-electron chi connectivity index (χ2n) is 10.8. The van der Waals surface area contributed by atoms with Gasteiger partial charge in [0.2, 0.25) is 5.91 Å². The van der Waals surface area contributed by atoms with E-state index in [0.717, 1.165) is 30.5 Å². The number of hydrogen-bond donors (Lipinski definition) is 2. The summed E-state index contributed by atoms with van der Waals surface area (Å²) in [5, 5.41) is 10.8. The van der Waals surface area contributed by atoms with Crippen LogP contribution in [0.5, 0.6) is 11.5 Å². The van der Waals surface area contributed by atoms with Crippen LogP contribution in [-0.2, 0) is 4.79 Å². The summed E-state index contributed by atoms with van der Waals surface area (Å²) < 4.78 is 13.2. The number of rotatable bonds is 16. The third-order valence-corrected chi connectivity index (χ3v) is 6.88. The molecule has 8 heteroatoms. The van der Waals surface area contributed by atoms with Gasteiger partial charge < -0.3 is 20.1 Å². The molecular formula is C30H48N4O4. The van der Waals surface area contributed by atoms with Crippen LogP contribution in [0.2, 0.25) is 0 Å². The smallest absolute Gasteiger partial charge is 0.272 e. The second-order valence-corrected chi connectivity index (χ2v) is 10.8. The van der Waals surface area contributed by atoms with Crippen molar-refractivity contribution in [2.45, 2.75) is 92.2 Å². The van der Waals surface area contributed by atoms with Crippen LogP contribution in [-0.4, -0.2) is 48.4 Å². The quantitative estimate of drug-likeness (QED) is 0.260. The Balaban J connectivity index is 2.32. The fourth-order valence-corrected chi connectivity index (χ4v) is 4.49. The average Bonchev–Trinajstić information content (AvgIpc) is 3.32. The van der Waals surface area contributed by atoms with E-state index in [4.69, 9.17) is 14.6 Å². The van der Waals surface area contributed by atoms with Crippen molar-refractivity contribution >= 4 is 11.8 Å². The maximum atomic E-state index is 13.5. The Bertz CT molecular complexity index is 1010. The number of carbonyl (C=O) groups is 2. The first-order valence-corrected chi connectivity index (χ1v) is 14.0. The van der Waals surface area contributed by atoms with Gasteiger partial charge in [0.1, 0.15) is 11.5 Å². The van der Waals surface area contributed by atoms with Gasteiger partial charge in [-0.15, -0.1) is 0 Å². The van der Waals surface area contributed by atoms with Gasteiger partial charge in [-0.25, -0.2) is 0 Å². The Morgan fingerprint density at radius 1 is 1.00 bits per heavy atom. The molecule has 212 valence electrons. The lowest BCUT2D eigenvalue weighted by molar-refractivity contribution is -0.121. The highest BCUT2D eigenvalue weighted by molar-refractivity contribution is 5.94. The molecule has 2 aromatic rings. The van der Waals surface area contributed by atoms with Crippen molar-refractivity contribution in [3.63, 3.8) is 0 Å². The van der Waals surface area contributed by atoms with Crippen molar-refractivity contribution in [3.05, 3.63) is 30.0 Å². The molecule has 0 saturated heterocycles. The summed E-state index contributed by atoms with van der Waals surface area (Å²) in [6, 6.07) is 7.13. The van der Waals surface area contributed by atoms with Gasteiger partial charge in [0, 0.05) is 19.0 Å². The summed E-state index contributed by atoms with van der Waals surface area (Å²) in [6.45, 7) is 13.3. The Kier molecular flexibility index (Phi) is 12.6. The Morgan fingerprint density at radius 2 is 1.66 bits per heavy atom. The van der Waals surface area contributed by atoms with Gasteiger partial charge in [-0.1, -0.05) is 59.9 Å². The first kappa shape index (κ1) is 31.2. The number of aromatic nitrogens is 2. The fraction of sp³-hybridized carbons (Fsp3) is 0.633. The summed E-state index contributed by atoms with van der Waals surface area (Å²) in [5.41, 5.74) is 1.79. The van der Waals surface area contributed by atoms with E-state index in [2.05, 4.69) is 52.2 Å². The zero-order valence-electron chi connectivity index (χ0n) is 24.6. The van der Waals surface area contributed by atoms with Crippen molar-refractivity contribution in [1.29, 1.82) is 0 Å². The topological polar surface area (TPSA) is 94.5 Å². The first-order valence-electron chi connectivity index (χ1n) is 14.0. The summed E-state index contributed by atoms with van der Waals surface area (Å²) in [7, 11) is 3.23. The molecule has 38 heavy (non-hydrogen) atoms. The van der Waals surface area contributed by atoms with Gasteiger partial charge in [0.15, 0.2) is 5.69 Å². The summed E-state index contributed by atoms with van der Waals surface area (Å²) in [5.74, 6) is 1.55. The van der Waals surface area contributed by atoms with E-state index >= 15 is 0 Å². The van der Waals surface area contributed by atoms with E-state index in [9.17, 15) is 9.59 Å². The van der Waals surface area contributed by atoms with Crippen molar-refractivity contribution in [2.75, 3.05) is 20.8 Å². The Labute approximate surface area is 228 Å². The molecule has 0 saturated carbocycles. The molecule has 0 fully saturated rings. The lowest BCUT2D eigenvalue weighted by Gasteiger charge is -2.21. The number of methoxy groups -OCH3 is 2. The molecule has 1 aromatic carbocycles. The second kappa shape index (κ2) is 15.4. The van der Waals surface area contributed by atoms with Gasteiger partial charge in [-0.3, -0.25) is 14.3 Å². The summed E-state index contributed by atoms with van der Waals surface area (Å²) in [4.78, 5) is 26.1. The number of nitrogens with one attached hydrogen (secondary N) is 2. The van der Waals surface area contributed by atoms with E-state index in [1.807, 2.05) is 22.9 Å². The summed E-state index contributed by atoms with van der Waals surface area (Å²) >= 11 is 0. The van der Waals surface area contributed by atoms with E-state index in [0.29, 0.717) is 36.1 Å². The molecule has 1 heterocycles. The molecule has 0 bridgehead atoms. The van der Waals surface area contributed by atoms with Crippen LogP contribution < -0.4 is 20.1 Å². The fourth-order valence-electron chi connectivity index (χ4n) is 4.49. The largest absolute Gasteiger partial charge is 0.496 e. The minimum atomic E-state index is -0.295. The lowest BCUT2D eigenvalue weighted by atomic mass is 10.0. The summed E-state index contributed by atoms with van der Waals surface area (Å²) in [6.07, 6.45) is 5.36. The van der Waals surface area contributed by atoms with Crippen LogP contribution in [0, 0.1) is 11.8 Å². The van der Waals surface area contributed by atoms with Crippen molar-refractivity contribution in [1.82, 2.24) is 20.4 Å². The number of carbonyl (C=O) groups excluding carboxylic acids is 2. The average molecular weight is 529 g/mol.